The molecule has 0 spiro atoms. The number of nitrogens with two attached hydrogens (primary N) is 1. The number of hydrogen-bond acceptors (Lipinski definition) is 3. The lowest BCUT2D eigenvalue weighted by molar-refractivity contribution is 0.397. The quantitative estimate of drug-likeness (QED) is 0.745. The highest BCUT2D eigenvalue weighted by Crippen LogP contribution is 2.42. The molecule has 4 nitrogen and oxygen atoms in total. The van der Waals surface area contributed by atoms with Crippen molar-refractivity contribution >= 4 is 8.03 Å². The minimum Gasteiger partial charge on any atom is -0.496 e. The maximum Gasteiger partial charge on any atom is 0.212 e. The molecular weight excluding hydrogens is 201 g/mol. The number of ether oxygens (including phenoxy) is 1. The second kappa shape index (κ2) is 4.13. The van der Waals surface area contributed by atoms with E-state index in [0.29, 0.717) is 11.3 Å². The van der Waals surface area contributed by atoms with E-state index in [1.807, 2.05) is 0 Å². The van der Waals surface area contributed by atoms with Gasteiger partial charge in [0.15, 0.2) is 0 Å². The molecule has 0 aromatic heterocycles. The maximum absolute atomic E-state index is 11.1. The van der Waals surface area contributed by atoms with Crippen LogP contribution < -0.4 is 10.5 Å². The fourth-order valence-electron chi connectivity index (χ4n) is 1.19. The van der Waals surface area contributed by atoms with Crippen molar-refractivity contribution in [3.05, 3.63) is 29.8 Å². The third kappa shape index (κ3) is 1.98. The fraction of sp³-hybridized carbons (Fsp3) is 0.333. The molecule has 1 rings (SSSR count). The molecule has 1 aromatic carbocycles. The van der Waals surface area contributed by atoms with Gasteiger partial charge in [-0.05, 0) is 13.0 Å². The summed E-state index contributed by atoms with van der Waals surface area (Å²) in [5, 5.41) is -1.24. The molecule has 0 aliphatic rings. The average Bonchev–Trinajstić information content (AvgIpc) is 2.17. The summed E-state index contributed by atoms with van der Waals surface area (Å²) in [6, 6.07) is 6.95. The second-order valence-electron chi connectivity index (χ2n) is 3.21. The molecule has 0 bridgehead atoms. The molecule has 14 heavy (non-hydrogen) atoms. The fourth-order valence-corrected chi connectivity index (χ4v) is 1.63. The van der Waals surface area contributed by atoms with Crippen molar-refractivity contribution in [3.8, 4) is 5.75 Å². The first-order valence-electron chi connectivity index (χ1n) is 4.16. The van der Waals surface area contributed by atoms with Gasteiger partial charge < -0.3 is 15.4 Å². The van der Waals surface area contributed by atoms with E-state index >= 15 is 0 Å². The van der Waals surface area contributed by atoms with Crippen molar-refractivity contribution in [2.75, 3.05) is 7.11 Å². The molecule has 3 N–H and O–H groups in total. The average molecular weight is 215 g/mol. The molecule has 78 valence electrons. The van der Waals surface area contributed by atoms with Crippen molar-refractivity contribution in [2.45, 2.75) is 12.2 Å². The van der Waals surface area contributed by atoms with E-state index in [9.17, 15) is 4.57 Å². The van der Waals surface area contributed by atoms with E-state index in [4.69, 9.17) is 15.4 Å². The highest BCUT2D eigenvalue weighted by atomic mass is 31.1. The Labute approximate surface area is 83.6 Å². The largest absolute Gasteiger partial charge is 0.496 e. The van der Waals surface area contributed by atoms with Crippen molar-refractivity contribution in [1.82, 2.24) is 0 Å². The third-order valence-electron chi connectivity index (χ3n) is 2.11. The zero-order valence-corrected chi connectivity index (χ0v) is 9.15. The van der Waals surface area contributed by atoms with Crippen LogP contribution in [0.15, 0.2) is 24.3 Å². The van der Waals surface area contributed by atoms with Gasteiger partial charge >= 0.3 is 0 Å². The lowest BCUT2D eigenvalue weighted by atomic mass is 10.1. The molecule has 0 saturated carbocycles. The number of methoxy groups -OCH3 is 1. The minimum atomic E-state index is -2.85. The lowest BCUT2D eigenvalue weighted by Crippen LogP contribution is -2.29. The molecule has 0 aliphatic heterocycles. The molecule has 1 aromatic rings. The van der Waals surface area contributed by atoms with Crippen LogP contribution in [0.3, 0.4) is 0 Å². The summed E-state index contributed by atoms with van der Waals surface area (Å²) in [4.78, 5) is 9.12. The van der Waals surface area contributed by atoms with Gasteiger partial charge in [-0.3, -0.25) is 4.57 Å². The Balaban J connectivity index is 3.24. The van der Waals surface area contributed by atoms with E-state index < -0.39 is 13.3 Å². The normalized spacial score (nSPS) is 17.1. The van der Waals surface area contributed by atoms with E-state index in [2.05, 4.69) is 0 Å². The molecule has 2 atom stereocenters. The molecule has 0 heterocycles. The van der Waals surface area contributed by atoms with Gasteiger partial charge in [-0.15, -0.1) is 0 Å². The van der Waals surface area contributed by atoms with Gasteiger partial charge in [0.2, 0.25) is 8.03 Å². The zero-order chi connectivity index (χ0) is 10.8. The van der Waals surface area contributed by atoms with Gasteiger partial charge in [-0.1, -0.05) is 18.2 Å². The van der Waals surface area contributed by atoms with Gasteiger partial charge in [0.25, 0.3) is 0 Å². The van der Waals surface area contributed by atoms with Crippen molar-refractivity contribution in [3.63, 3.8) is 0 Å². The predicted molar refractivity (Wildman–Crippen MR) is 55.8 cm³/mol. The van der Waals surface area contributed by atoms with Gasteiger partial charge in [0.1, 0.15) is 11.0 Å². The molecule has 2 unspecified atom stereocenters. The first kappa shape index (κ1) is 11.2. The predicted octanol–water partition coefficient (Wildman–Crippen LogP) is 1.29. The molecule has 0 aliphatic carbocycles. The minimum absolute atomic E-state index is 0.532. The van der Waals surface area contributed by atoms with Crippen LogP contribution in [0.1, 0.15) is 12.5 Å². The molecule has 5 heteroatoms. The van der Waals surface area contributed by atoms with Crippen LogP contribution in [0.5, 0.6) is 5.75 Å². The van der Waals surface area contributed by atoms with Gasteiger partial charge in [-0.2, -0.15) is 0 Å². The zero-order valence-electron chi connectivity index (χ0n) is 8.15. The summed E-state index contributed by atoms with van der Waals surface area (Å²) in [6.07, 6.45) is 0. The molecule has 0 radical (unpaired) electrons. The molecule has 0 amide bonds. The van der Waals surface area contributed by atoms with Crippen LogP contribution in [-0.4, -0.2) is 12.0 Å². The van der Waals surface area contributed by atoms with E-state index in [0.717, 1.165) is 0 Å². The Morgan fingerprint density at radius 1 is 1.50 bits per heavy atom. The Bertz CT molecular complexity index is 352. The van der Waals surface area contributed by atoms with Crippen LogP contribution in [0, 0.1) is 0 Å². The Kier molecular flexibility index (Phi) is 3.32. The smallest absolute Gasteiger partial charge is 0.212 e. The van der Waals surface area contributed by atoms with Crippen molar-refractivity contribution < 1.29 is 14.2 Å². The molecule has 0 fully saturated rings. The van der Waals surface area contributed by atoms with Crippen molar-refractivity contribution in [2.24, 2.45) is 5.73 Å². The number of rotatable bonds is 3. The maximum atomic E-state index is 11.1. The van der Waals surface area contributed by atoms with Crippen LogP contribution in [0.25, 0.3) is 0 Å². The van der Waals surface area contributed by atoms with Gasteiger partial charge in [0.05, 0.1) is 7.11 Å². The van der Waals surface area contributed by atoms with Crippen LogP contribution in [-0.2, 0) is 9.85 Å². The summed E-state index contributed by atoms with van der Waals surface area (Å²) in [6.45, 7) is 1.52. The Morgan fingerprint density at radius 2 is 2.07 bits per heavy atom. The molecular formula is C9H14NO3P. The monoisotopic (exact) mass is 215 g/mol. The third-order valence-corrected chi connectivity index (χ3v) is 3.27. The first-order chi connectivity index (χ1) is 6.50. The van der Waals surface area contributed by atoms with Crippen molar-refractivity contribution in [1.29, 1.82) is 0 Å². The van der Waals surface area contributed by atoms with Gasteiger partial charge in [-0.25, -0.2) is 0 Å². The van der Waals surface area contributed by atoms with E-state index in [1.165, 1.54) is 14.0 Å². The highest BCUT2D eigenvalue weighted by molar-refractivity contribution is 7.39. The highest BCUT2D eigenvalue weighted by Gasteiger charge is 2.30. The lowest BCUT2D eigenvalue weighted by Gasteiger charge is -2.23. The molecule has 0 saturated heterocycles. The standard InChI is InChI=1S/C9H14NO3P/c1-9(10,14(11)12)7-5-3-4-6-8(7)13-2/h3-6,14H,10H2,1-2H3,(H,11,12). The Hall–Kier alpha value is -0.830. The summed E-state index contributed by atoms with van der Waals surface area (Å²) in [7, 11) is -1.34. The summed E-state index contributed by atoms with van der Waals surface area (Å²) < 4.78 is 16.2. The summed E-state index contributed by atoms with van der Waals surface area (Å²) in [5.41, 5.74) is 6.31. The van der Waals surface area contributed by atoms with Crippen LogP contribution in [0.4, 0.5) is 0 Å². The SMILES string of the molecule is COc1ccccc1C(C)(N)[PH](=O)O. The summed E-state index contributed by atoms with van der Waals surface area (Å²) >= 11 is 0. The van der Waals surface area contributed by atoms with Gasteiger partial charge in [0, 0.05) is 5.56 Å². The second-order valence-corrected chi connectivity index (χ2v) is 4.86. The number of para-hydroxylation sites is 1. The van der Waals surface area contributed by atoms with Crippen LogP contribution in [0.2, 0.25) is 0 Å². The Morgan fingerprint density at radius 3 is 2.57 bits per heavy atom. The first-order valence-corrected chi connectivity index (χ1v) is 5.51. The number of benzene rings is 1. The van der Waals surface area contributed by atoms with E-state index in [-0.39, 0.29) is 0 Å². The summed E-state index contributed by atoms with van der Waals surface area (Å²) in [5.74, 6) is 0.532. The number of hydrogen-bond donors (Lipinski definition) is 2. The van der Waals surface area contributed by atoms with E-state index in [1.54, 1.807) is 24.3 Å². The topological polar surface area (TPSA) is 72.5 Å². The van der Waals surface area contributed by atoms with Crippen LogP contribution >= 0.6 is 8.03 Å².